The van der Waals surface area contributed by atoms with E-state index in [1.807, 2.05) is 25.1 Å². The van der Waals surface area contributed by atoms with E-state index >= 15 is 0 Å². The molecular weight excluding hydrogens is 336 g/mol. The van der Waals surface area contributed by atoms with Gasteiger partial charge >= 0.3 is 0 Å². The molecule has 0 atom stereocenters. The number of hydrogen-bond acceptors (Lipinski definition) is 5. The van der Waals surface area contributed by atoms with Gasteiger partial charge in [-0.2, -0.15) is 0 Å². The SMILES string of the molecule is Cc1nc(NC(=O)CNC(=O)c2ccccc2)sc1-c1cccnc1. The van der Waals surface area contributed by atoms with Crippen molar-refractivity contribution in [1.82, 2.24) is 15.3 Å². The number of anilines is 1. The molecule has 2 heterocycles. The molecule has 0 aliphatic rings. The van der Waals surface area contributed by atoms with E-state index in [0.29, 0.717) is 10.7 Å². The van der Waals surface area contributed by atoms with Crippen LogP contribution in [0, 0.1) is 6.92 Å². The van der Waals surface area contributed by atoms with Crippen LogP contribution in [0.4, 0.5) is 5.13 Å². The number of thiazole rings is 1. The summed E-state index contributed by atoms with van der Waals surface area (Å²) >= 11 is 1.38. The van der Waals surface area contributed by atoms with Gasteiger partial charge in [0.15, 0.2) is 5.13 Å². The van der Waals surface area contributed by atoms with Crippen molar-refractivity contribution >= 4 is 28.3 Å². The lowest BCUT2D eigenvalue weighted by Crippen LogP contribution is -2.32. The molecule has 0 saturated carbocycles. The van der Waals surface area contributed by atoms with Crippen molar-refractivity contribution < 1.29 is 9.59 Å². The van der Waals surface area contributed by atoms with Crippen molar-refractivity contribution in [3.63, 3.8) is 0 Å². The topological polar surface area (TPSA) is 84.0 Å². The standard InChI is InChI=1S/C18H16N4O2S/c1-12-16(14-8-5-9-19-10-14)25-18(21-12)22-15(23)11-20-17(24)13-6-3-2-4-7-13/h2-10H,11H2,1H3,(H,20,24)(H,21,22,23). The number of nitrogens with one attached hydrogen (secondary N) is 2. The molecule has 0 unspecified atom stereocenters. The monoisotopic (exact) mass is 352 g/mol. The Morgan fingerprint density at radius 2 is 1.92 bits per heavy atom. The van der Waals surface area contributed by atoms with Gasteiger partial charge in [0.25, 0.3) is 5.91 Å². The third-order valence-corrected chi connectivity index (χ3v) is 4.53. The van der Waals surface area contributed by atoms with Crippen LogP contribution in [-0.4, -0.2) is 28.3 Å². The first kappa shape index (κ1) is 16.8. The predicted octanol–water partition coefficient (Wildman–Crippen LogP) is 2.88. The second-order valence-electron chi connectivity index (χ2n) is 5.27. The van der Waals surface area contributed by atoms with Gasteiger partial charge in [-0.3, -0.25) is 14.6 Å². The highest BCUT2D eigenvalue weighted by atomic mass is 32.1. The van der Waals surface area contributed by atoms with Crippen LogP contribution in [0.5, 0.6) is 0 Å². The smallest absolute Gasteiger partial charge is 0.251 e. The van der Waals surface area contributed by atoms with Gasteiger partial charge in [0.05, 0.1) is 17.1 Å². The number of hydrogen-bond donors (Lipinski definition) is 2. The van der Waals surface area contributed by atoms with Gasteiger partial charge in [0, 0.05) is 23.5 Å². The van der Waals surface area contributed by atoms with E-state index in [-0.39, 0.29) is 18.4 Å². The fourth-order valence-corrected chi connectivity index (χ4v) is 3.20. The Labute approximate surface area is 149 Å². The minimum atomic E-state index is -0.323. The van der Waals surface area contributed by atoms with Crippen molar-refractivity contribution in [1.29, 1.82) is 0 Å². The second kappa shape index (κ2) is 7.67. The lowest BCUT2D eigenvalue weighted by molar-refractivity contribution is -0.115. The summed E-state index contributed by atoms with van der Waals surface area (Å²) in [6.45, 7) is 1.76. The molecule has 0 bridgehead atoms. The molecule has 0 aliphatic heterocycles. The lowest BCUT2D eigenvalue weighted by Gasteiger charge is -2.04. The van der Waals surface area contributed by atoms with Crippen LogP contribution in [-0.2, 0) is 4.79 Å². The summed E-state index contributed by atoms with van der Waals surface area (Å²) in [7, 11) is 0. The van der Waals surface area contributed by atoms with Gasteiger partial charge in [-0.05, 0) is 25.1 Å². The number of aromatic nitrogens is 2. The summed E-state index contributed by atoms with van der Waals surface area (Å²) in [6.07, 6.45) is 3.46. The average Bonchev–Trinajstić information content (AvgIpc) is 3.01. The quantitative estimate of drug-likeness (QED) is 0.739. The molecule has 2 N–H and O–H groups in total. The number of pyridine rings is 1. The van der Waals surface area contributed by atoms with Crippen molar-refractivity contribution in [2.45, 2.75) is 6.92 Å². The number of amides is 2. The van der Waals surface area contributed by atoms with Gasteiger partial charge in [-0.25, -0.2) is 4.98 Å². The maximum absolute atomic E-state index is 12.0. The van der Waals surface area contributed by atoms with E-state index in [4.69, 9.17) is 0 Å². The van der Waals surface area contributed by atoms with E-state index in [9.17, 15) is 9.59 Å². The third kappa shape index (κ3) is 4.27. The second-order valence-corrected chi connectivity index (χ2v) is 6.27. The molecule has 2 aromatic heterocycles. The van der Waals surface area contributed by atoms with Crippen molar-refractivity contribution in [3.8, 4) is 10.4 Å². The van der Waals surface area contributed by atoms with Crippen LogP contribution in [0.1, 0.15) is 16.1 Å². The first-order chi connectivity index (χ1) is 12.1. The molecule has 7 heteroatoms. The molecule has 126 valence electrons. The largest absolute Gasteiger partial charge is 0.343 e. The highest BCUT2D eigenvalue weighted by Gasteiger charge is 2.13. The molecule has 0 saturated heterocycles. The Bertz CT molecular complexity index is 879. The summed E-state index contributed by atoms with van der Waals surface area (Å²) < 4.78 is 0. The van der Waals surface area contributed by atoms with Crippen LogP contribution in [0.15, 0.2) is 54.9 Å². The first-order valence-electron chi connectivity index (χ1n) is 7.64. The van der Waals surface area contributed by atoms with E-state index in [0.717, 1.165) is 16.1 Å². The number of benzene rings is 1. The molecular formula is C18H16N4O2S. The maximum atomic E-state index is 12.0. The van der Waals surface area contributed by atoms with Gasteiger partial charge in [0.1, 0.15) is 0 Å². The zero-order chi connectivity index (χ0) is 17.6. The Morgan fingerprint density at radius 1 is 1.12 bits per heavy atom. The molecule has 6 nitrogen and oxygen atoms in total. The Morgan fingerprint density at radius 3 is 2.64 bits per heavy atom. The number of carbonyl (C=O) groups is 2. The molecule has 2 amide bonds. The fourth-order valence-electron chi connectivity index (χ4n) is 2.23. The first-order valence-corrected chi connectivity index (χ1v) is 8.46. The molecule has 0 spiro atoms. The molecule has 3 rings (SSSR count). The Balaban J connectivity index is 1.59. The highest BCUT2D eigenvalue weighted by molar-refractivity contribution is 7.19. The summed E-state index contributed by atoms with van der Waals surface area (Å²) in [5.41, 5.74) is 2.29. The van der Waals surface area contributed by atoms with Gasteiger partial charge in [0.2, 0.25) is 5.91 Å². The van der Waals surface area contributed by atoms with Crippen molar-refractivity contribution in [3.05, 3.63) is 66.1 Å². The molecule has 0 radical (unpaired) electrons. The minimum Gasteiger partial charge on any atom is -0.343 e. The summed E-state index contributed by atoms with van der Waals surface area (Å²) in [5, 5.41) is 5.80. The van der Waals surface area contributed by atoms with E-state index in [1.165, 1.54) is 11.3 Å². The maximum Gasteiger partial charge on any atom is 0.251 e. The van der Waals surface area contributed by atoms with Crippen LogP contribution < -0.4 is 10.6 Å². The Kier molecular flexibility index (Phi) is 5.15. The van der Waals surface area contributed by atoms with Crippen LogP contribution in [0.2, 0.25) is 0 Å². The minimum absolute atomic E-state index is 0.116. The van der Waals surface area contributed by atoms with Crippen LogP contribution >= 0.6 is 11.3 Å². The number of aryl methyl sites for hydroxylation is 1. The number of nitrogens with zero attached hydrogens (tertiary/aromatic N) is 2. The lowest BCUT2D eigenvalue weighted by atomic mass is 10.2. The summed E-state index contributed by atoms with van der Waals surface area (Å²) in [6, 6.07) is 12.6. The summed E-state index contributed by atoms with van der Waals surface area (Å²) in [5.74, 6) is -0.613. The normalized spacial score (nSPS) is 10.3. The predicted molar refractivity (Wildman–Crippen MR) is 97.5 cm³/mol. The zero-order valence-electron chi connectivity index (χ0n) is 13.5. The average molecular weight is 352 g/mol. The van der Waals surface area contributed by atoms with Crippen molar-refractivity contribution in [2.24, 2.45) is 0 Å². The molecule has 0 aliphatic carbocycles. The Hall–Kier alpha value is -3.06. The van der Waals surface area contributed by atoms with Crippen LogP contribution in [0.3, 0.4) is 0 Å². The van der Waals surface area contributed by atoms with E-state index < -0.39 is 0 Å². The molecule has 0 fully saturated rings. The van der Waals surface area contributed by atoms with Gasteiger partial charge in [-0.15, -0.1) is 0 Å². The fraction of sp³-hybridized carbons (Fsp3) is 0.111. The molecule has 3 aromatic rings. The third-order valence-electron chi connectivity index (χ3n) is 3.41. The highest BCUT2D eigenvalue weighted by Crippen LogP contribution is 2.31. The van der Waals surface area contributed by atoms with E-state index in [2.05, 4.69) is 20.6 Å². The van der Waals surface area contributed by atoms with Crippen molar-refractivity contribution in [2.75, 3.05) is 11.9 Å². The zero-order valence-corrected chi connectivity index (χ0v) is 14.3. The van der Waals surface area contributed by atoms with Gasteiger partial charge < -0.3 is 10.6 Å². The van der Waals surface area contributed by atoms with E-state index in [1.54, 1.807) is 36.7 Å². The van der Waals surface area contributed by atoms with Crippen LogP contribution in [0.25, 0.3) is 10.4 Å². The van der Waals surface area contributed by atoms with Gasteiger partial charge in [-0.1, -0.05) is 35.6 Å². The molecule has 25 heavy (non-hydrogen) atoms. The number of carbonyl (C=O) groups excluding carboxylic acids is 2. The molecule has 1 aromatic carbocycles. The summed E-state index contributed by atoms with van der Waals surface area (Å²) in [4.78, 5) is 33.4. The number of rotatable bonds is 5.